The maximum atomic E-state index is 12.6. The molecule has 0 radical (unpaired) electrons. The first-order valence-electron chi connectivity index (χ1n) is 9.19. The van der Waals surface area contributed by atoms with Gasteiger partial charge in [-0.25, -0.2) is 4.79 Å². The molecule has 0 heterocycles. The molecule has 1 atom stereocenters. The zero-order valence-electron chi connectivity index (χ0n) is 16.7. The number of carbonyl (C=O) groups excluding carboxylic acids is 1. The third kappa shape index (κ3) is 6.98. The topological polar surface area (TPSA) is 53.6 Å². The SMILES string of the molecule is COc1cccc(C(CNC(=O)NCCc2ccc(C(F)(F)F)cc2)N(C)C)c1. The van der Waals surface area contributed by atoms with Gasteiger partial charge in [0.25, 0.3) is 0 Å². The van der Waals surface area contributed by atoms with Gasteiger partial charge < -0.3 is 20.3 Å². The fourth-order valence-corrected chi connectivity index (χ4v) is 2.88. The first-order chi connectivity index (χ1) is 13.7. The van der Waals surface area contributed by atoms with Gasteiger partial charge in [0.15, 0.2) is 0 Å². The molecular weight excluding hydrogens is 383 g/mol. The number of rotatable bonds is 8. The minimum absolute atomic E-state index is 0.0363. The second-order valence-electron chi connectivity index (χ2n) is 6.84. The van der Waals surface area contributed by atoms with Crippen molar-refractivity contribution >= 4 is 6.03 Å². The van der Waals surface area contributed by atoms with Gasteiger partial charge in [-0.3, -0.25) is 0 Å². The number of likely N-dealkylation sites (N-methyl/N-ethyl adjacent to an activating group) is 1. The second-order valence-corrected chi connectivity index (χ2v) is 6.84. The fourth-order valence-electron chi connectivity index (χ4n) is 2.88. The molecular formula is C21H26F3N3O2. The first kappa shape index (κ1) is 22.5. The van der Waals surface area contributed by atoms with Gasteiger partial charge in [-0.05, 0) is 55.9 Å². The summed E-state index contributed by atoms with van der Waals surface area (Å²) in [4.78, 5) is 14.1. The Labute approximate surface area is 168 Å². The number of halogens is 3. The molecule has 0 saturated carbocycles. The number of urea groups is 1. The van der Waals surface area contributed by atoms with Crippen molar-refractivity contribution in [1.82, 2.24) is 15.5 Å². The van der Waals surface area contributed by atoms with Crippen molar-refractivity contribution in [2.24, 2.45) is 0 Å². The summed E-state index contributed by atoms with van der Waals surface area (Å²) in [5.74, 6) is 0.746. The van der Waals surface area contributed by atoms with Crippen LogP contribution in [0.25, 0.3) is 0 Å². The summed E-state index contributed by atoms with van der Waals surface area (Å²) < 4.78 is 43.0. The highest BCUT2D eigenvalue weighted by molar-refractivity contribution is 5.73. The number of nitrogens with one attached hydrogen (secondary N) is 2. The lowest BCUT2D eigenvalue weighted by Gasteiger charge is -2.25. The monoisotopic (exact) mass is 409 g/mol. The van der Waals surface area contributed by atoms with Crippen LogP contribution in [0.5, 0.6) is 5.75 Å². The van der Waals surface area contributed by atoms with E-state index in [4.69, 9.17) is 4.74 Å². The number of amides is 2. The molecule has 2 N–H and O–H groups in total. The van der Waals surface area contributed by atoms with E-state index in [0.29, 0.717) is 19.5 Å². The van der Waals surface area contributed by atoms with Crippen LogP contribution in [0.3, 0.4) is 0 Å². The molecule has 0 bridgehead atoms. The van der Waals surface area contributed by atoms with Crippen molar-refractivity contribution in [2.75, 3.05) is 34.3 Å². The van der Waals surface area contributed by atoms with Crippen LogP contribution in [0.4, 0.5) is 18.0 Å². The fraction of sp³-hybridized carbons (Fsp3) is 0.381. The maximum absolute atomic E-state index is 12.6. The Balaban J connectivity index is 1.82. The molecule has 1 unspecified atom stereocenters. The number of methoxy groups -OCH3 is 1. The molecule has 0 fully saturated rings. The van der Waals surface area contributed by atoms with Crippen molar-refractivity contribution in [1.29, 1.82) is 0 Å². The van der Waals surface area contributed by atoms with Gasteiger partial charge in [0.1, 0.15) is 5.75 Å². The summed E-state index contributed by atoms with van der Waals surface area (Å²) in [5.41, 5.74) is 1.06. The molecule has 5 nitrogen and oxygen atoms in total. The quantitative estimate of drug-likeness (QED) is 0.696. The van der Waals surface area contributed by atoms with Crippen LogP contribution in [0.15, 0.2) is 48.5 Å². The van der Waals surface area contributed by atoms with Crippen LogP contribution in [-0.2, 0) is 12.6 Å². The van der Waals surface area contributed by atoms with E-state index in [-0.39, 0.29) is 12.1 Å². The van der Waals surface area contributed by atoms with Crippen LogP contribution >= 0.6 is 0 Å². The van der Waals surface area contributed by atoms with Crippen molar-refractivity contribution in [3.8, 4) is 5.75 Å². The predicted molar refractivity (Wildman–Crippen MR) is 106 cm³/mol. The summed E-state index contributed by atoms with van der Waals surface area (Å²) in [6.07, 6.45) is -3.90. The number of hydrogen-bond acceptors (Lipinski definition) is 3. The van der Waals surface area contributed by atoms with Crippen LogP contribution in [0, 0.1) is 0 Å². The molecule has 29 heavy (non-hydrogen) atoms. The zero-order valence-corrected chi connectivity index (χ0v) is 16.7. The number of alkyl halides is 3. The summed E-state index contributed by atoms with van der Waals surface area (Å²) in [5, 5.41) is 5.56. The molecule has 0 aliphatic carbocycles. The largest absolute Gasteiger partial charge is 0.497 e. The summed E-state index contributed by atoms with van der Waals surface area (Å²) in [6, 6.07) is 12.2. The predicted octanol–water partition coefficient (Wildman–Crippen LogP) is 3.86. The van der Waals surface area contributed by atoms with Crippen LogP contribution in [0.1, 0.15) is 22.7 Å². The van der Waals surface area contributed by atoms with Gasteiger partial charge in [-0.1, -0.05) is 24.3 Å². The van der Waals surface area contributed by atoms with E-state index >= 15 is 0 Å². The average Bonchev–Trinajstić information content (AvgIpc) is 2.68. The molecule has 158 valence electrons. The molecule has 2 aromatic rings. The summed E-state index contributed by atoms with van der Waals surface area (Å²) >= 11 is 0. The lowest BCUT2D eigenvalue weighted by molar-refractivity contribution is -0.137. The lowest BCUT2D eigenvalue weighted by Crippen LogP contribution is -2.41. The third-order valence-corrected chi connectivity index (χ3v) is 4.54. The van der Waals surface area contributed by atoms with Crippen LogP contribution in [0.2, 0.25) is 0 Å². The van der Waals surface area contributed by atoms with E-state index in [1.165, 1.54) is 12.1 Å². The smallest absolute Gasteiger partial charge is 0.416 e. The Kier molecular flexibility index (Phi) is 7.90. The normalized spacial score (nSPS) is 12.5. The minimum Gasteiger partial charge on any atom is -0.497 e. The molecule has 0 saturated heterocycles. The van der Waals surface area contributed by atoms with Crippen LogP contribution in [-0.4, -0.2) is 45.2 Å². The molecule has 2 amide bonds. The number of nitrogens with zero attached hydrogens (tertiary/aromatic N) is 1. The van der Waals surface area contributed by atoms with Gasteiger partial charge >= 0.3 is 12.2 Å². The molecule has 8 heteroatoms. The molecule has 0 spiro atoms. The Morgan fingerprint density at radius 2 is 1.79 bits per heavy atom. The van der Waals surface area contributed by atoms with Gasteiger partial charge in [0, 0.05) is 13.1 Å². The van der Waals surface area contributed by atoms with Crippen molar-refractivity contribution in [3.05, 3.63) is 65.2 Å². The minimum atomic E-state index is -4.34. The zero-order chi connectivity index (χ0) is 21.4. The Bertz CT molecular complexity index is 793. The second kappa shape index (κ2) is 10.2. The summed E-state index contributed by atoms with van der Waals surface area (Å²) in [6.45, 7) is 0.718. The highest BCUT2D eigenvalue weighted by atomic mass is 19.4. The standard InChI is InChI=1S/C21H26F3N3O2/c1-27(2)19(16-5-4-6-18(13-16)29-3)14-26-20(28)25-12-11-15-7-9-17(10-8-15)21(22,23)24/h4-10,13,19H,11-12,14H2,1-3H3,(H2,25,26,28). The maximum Gasteiger partial charge on any atom is 0.416 e. The van der Waals surface area contributed by atoms with Gasteiger partial charge in [0.2, 0.25) is 0 Å². The number of hydrogen-bond donors (Lipinski definition) is 2. The van der Waals surface area contributed by atoms with Crippen molar-refractivity contribution < 1.29 is 22.7 Å². The average molecular weight is 409 g/mol. The third-order valence-electron chi connectivity index (χ3n) is 4.54. The highest BCUT2D eigenvalue weighted by Crippen LogP contribution is 2.29. The highest BCUT2D eigenvalue weighted by Gasteiger charge is 2.29. The molecule has 2 aromatic carbocycles. The Morgan fingerprint density at radius 3 is 2.38 bits per heavy atom. The number of ether oxygens (including phenoxy) is 1. The van der Waals surface area contributed by atoms with E-state index in [9.17, 15) is 18.0 Å². The van der Waals surface area contributed by atoms with Crippen molar-refractivity contribution in [2.45, 2.75) is 18.6 Å². The van der Waals surface area contributed by atoms with Gasteiger partial charge in [-0.15, -0.1) is 0 Å². The molecule has 0 aliphatic heterocycles. The molecule has 2 rings (SSSR count). The Morgan fingerprint density at radius 1 is 1.10 bits per heavy atom. The van der Waals surface area contributed by atoms with E-state index < -0.39 is 11.7 Å². The first-order valence-corrected chi connectivity index (χ1v) is 9.19. The van der Waals surface area contributed by atoms with E-state index in [0.717, 1.165) is 29.0 Å². The van der Waals surface area contributed by atoms with Crippen molar-refractivity contribution in [3.63, 3.8) is 0 Å². The van der Waals surface area contributed by atoms with Gasteiger partial charge in [-0.2, -0.15) is 13.2 Å². The molecule has 0 aliphatic rings. The number of carbonyl (C=O) groups is 1. The summed E-state index contributed by atoms with van der Waals surface area (Å²) in [7, 11) is 5.45. The molecule has 0 aromatic heterocycles. The lowest BCUT2D eigenvalue weighted by atomic mass is 10.1. The van der Waals surface area contributed by atoms with E-state index in [2.05, 4.69) is 10.6 Å². The Hall–Kier alpha value is -2.74. The number of benzene rings is 2. The van der Waals surface area contributed by atoms with Crippen LogP contribution < -0.4 is 15.4 Å². The van der Waals surface area contributed by atoms with Gasteiger partial charge in [0.05, 0.1) is 18.7 Å². The van der Waals surface area contributed by atoms with E-state index in [1.807, 2.05) is 43.3 Å². The van der Waals surface area contributed by atoms with E-state index in [1.54, 1.807) is 7.11 Å².